The zero-order chi connectivity index (χ0) is 22.7. The first-order valence-electron chi connectivity index (χ1n) is 10.9. The van der Waals surface area contributed by atoms with Crippen LogP contribution in [0.1, 0.15) is 70.4 Å². The number of benzene rings is 1. The van der Waals surface area contributed by atoms with Crippen molar-refractivity contribution in [2.24, 2.45) is 5.92 Å². The van der Waals surface area contributed by atoms with E-state index in [4.69, 9.17) is 4.55 Å². The number of phenols is 1. The van der Waals surface area contributed by atoms with E-state index in [0.717, 1.165) is 51.5 Å². The number of nitrogens with zero attached hydrogens (tertiary/aromatic N) is 1. The highest BCUT2D eigenvalue weighted by molar-refractivity contribution is 7.85. The maximum Gasteiger partial charge on any atom is 0.261 e. The smallest absolute Gasteiger partial charge is 0.261 e. The van der Waals surface area contributed by atoms with Gasteiger partial charge in [0.05, 0.1) is 11.9 Å². The lowest BCUT2D eigenvalue weighted by Crippen LogP contribution is -2.57. The quantitative estimate of drug-likeness (QED) is 0.582. The summed E-state index contributed by atoms with van der Waals surface area (Å²) in [6.07, 6.45) is 7.94. The van der Waals surface area contributed by atoms with E-state index in [1.54, 1.807) is 0 Å². The molecule has 2 bridgehead atoms. The number of fused-ring (bicyclic) bond motifs is 4. The molecule has 0 aromatic heterocycles. The Bertz CT molecular complexity index is 815. The molecule has 4 atom stereocenters. The number of likely N-dealkylation sites (N-methyl/N-ethyl adjacent to an activating group) is 1. The molecule has 0 saturated carbocycles. The van der Waals surface area contributed by atoms with Crippen LogP contribution in [0.3, 0.4) is 0 Å². The highest BCUT2D eigenvalue weighted by Crippen LogP contribution is 2.51. The molecule has 1 aromatic rings. The number of hydrogen-bond acceptors (Lipinski definition) is 5. The minimum absolute atomic E-state index is 0.102. The van der Waals surface area contributed by atoms with Gasteiger partial charge in [-0.15, -0.1) is 0 Å². The Morgan fingerprint density at radius 1 is 1.30 bits per heavy atom. The Morgan fingerprint density at radius 3 is 2.53 bits per heavy atom. The molecule has 30 heavy (non-hydrogen) atoms. The third-order valence-corrected chi connectivity index (χ3v) is 7.03. The third-order valence-electron chi connectivity index (χ3n) is 7.03. The van der Waals surface area contributed by atoms with Gasteiger partial charge in [0.25, 0.3) is 10.1 Å². The Balaban J connectivity index is 0.000000575. The molecular weight excluding hydrogens is 402 g/mol. The van der Waals surface area contributed by atoms with Crippen LogP contribution in [0.2, 0.25) is 0 Å². The van der Waals surface area contributed by atoms with E-state index < -0.39 is 15.7 Å². The first-order chi connectivity index (χ1) is 13.8. The van der Waals surface area contributed by atoms with Crippen LogP contribution in [0.4, 0.5) is 0 Å². The van der Waals surface area contributed by atoms with Gasteiger partial charge in [-0.1, -0.05) is 32.8 Å². The number of rotatable bonds is 6. The molecule has 0 radical (unpaired) electrons. The van der Waals surface area contributed by atoms with E-state index in [2.05, 4.69) is 31.9 Å². The van der Waals surface area contributed by atoms with Crippen LogP contribution in [0.15, 0.2) is 18.2 Å². The van der Waals surface area contributed by atoms with Gasteiger partial charge in [0, 0.05) is 6.04 Å². The second-order valence-electron chi connectivity index (χ2n) is 9.74. The molecular formula is C23H39NO5S. The molecule has 1 aromatic carbocycles. The first kappa shape index (κ1) is 25.1. The lowest BCUT2D eigenvalue weighted by Gasteiger charge is -2.55. The number of piperidine rings is 1. The normalized spacial score (nSPS) is 28.1. The number of aliphatic hydroxyl groups is 1. The van der Waals surface area contributed by atoms with Crippen molar-refractivity contribution >= 4 is 10.1 Å². The van der Waals surface area contributed by atoms with Crippen molar-refractivity contribution in [3.63, 3.8) is 0 Å². The van der Waals surface area contributed by atoms with Crippen molar-refractivity contribution < 1.29 is 23.2 Å². The van der Waals surface area contributed by atoms with Gasteiger partial charge in [0.1, 0.15) is 5.75 Å². The fourth-order valence-corrected chi connectivity index (χ4v) is 5.28. The van der Waals surface area contributed by atoms with E-state index in [0.29, 0.717) is 24.0 Å². The molecule has 1 aliphatic heterocycles. The highest BCUT2D eigenvalue weighted by atomic mass is 32.2. The monoisotopic (exact) mass is 441 g/mol. The van der Waals surface area contributed by atoms with Gasteiger partial charge in [0.15, 0.2) is 0 Å². The lowest BCUT2D eigenvalue weighted by molar-refractivity contribution is -0.00335. The summed E-state index contributed by atoms with van der Waals surface area (Å²) in [5.41, 5.74) is 2.28. The summed E-state index contributed by atoms with van der Waals surface area (Å²) >= 11 is 0. The molecule has 1 saturated heterocycles. The number of hydrogen-bond donors (Lipinski definition) is 3. The van der Waals surface area contributed by atoms with E-state index in [9.17, 15) is 18.6 Å². The summed E-state index contributed by atoms with van der Waals surface area (Å²) in [5.74, 6) is 0.916. The van der Waals surface area contributed by atoms with E-state index in [1.165, 1.54) is 11.1 Å². The zero-order valence-corrected chi connectivity index (χ0v) is 19.9. The minimum Gasteiger partial charge on any atom is -0.508 e. The molecule has 1 fully saturated rings. The van der Waals surface area contributed by atoms with Crippen LogP contribution in [-0.2, 0) is 22.0 Å². The lowest BCUT2D eigenvalue weighted by atomic mass is 9.57. The predicted molar refractivity (Wildman–Crippen MR) is 121 cm³/mol. The maximum atomic E-state index is 10.8. The van der Waals surface area contributed by atoms with Gasteiger partial charge in [-0.3, -0.25) is 4.55 Å². The van der Waals surface area contributed by atoms with Crippen LogP contribution in [0.25, 0.3) is 0 Å². The van der Waals surface area contributed by atoms with E-state index in [-0.39, 0.29) is 5.41 Å². The molecule has 2 aliphatic rings. The zero-order valence-electron chi connectivity index (χ0n) is 19.1. The number of unbranched alkanes of at least 4 members (excludes halogenated alkanes) is 1. The SMILES string of the molecule is CCCCC(C)(O)CC[C@@H]1[C@H]2Cc3ccc(O)cc3[C@@]1(C)CCN2C.CS(=O)(=O)O. The average molecular weight is 442 g/mol. The Labute approximate surface area is 182 Å². The molecule has 172 valence electrons. The summed E-state index contributed by atoms with van der Waals surface area (Å²) in [4.78, 5) is 2.52. The van der Waals surface area contributed by atoms with Crippen molar-refractivity contribution in [2.75, 3.05) is 19.8 Å². The minimum atomic E-state index is -3.67. The standard InChI is InChI=1S/C22H35NO2.CH4O3S/c1-5-6-10-21(2,25)11-9-18-20-14-16-7-8-17(24)15-19(16)22(18,3)12-13-23(20)4;1-5(2,3)4/h7-8,15,18,20,24-25H,5-6,9-14H2,1-4H3;1H3,(H,2,3,4)/t18-,20-,21?,22+;/m1./s1. The largest absolute Gasteiger partial charge is 0.508 e. The topological polar surface area (TPSA) is 98.1 Å². The second kappa shape index (κ2) is 9.55. The summed E-state index contributed by atoms with van der Waals surface area (Å²) in [5, 5.41) is 20.8. The van der Waals surface area contributed by atoms with Crippen LogP contribution < -0.4 is 0 Å². The molecule has 6 nitrogen and oxygen atoms in total. The molecule has 3 N–H and O–H groups in total. The third kappa shape index (κ3) is 6.42. The molecule has 0 amide bonds. The van der Waals surface area contributed by atoms with Crippen LogP contribution >= 0.6 is 0 Å². The number of aromatic hydroxyl groups is 1. The second-order valence-corrected chi connectivity index (χ2v) is 11.2. The van der Waals surface area contributed by atoms with Crippen molar-refractivity contribution in [1.82, 2.24) is 4.90 Å². The molecule has 1 heterocycles. The maximum absolute atomic E-state index is 10.8. The molecule has 3 rings (SSSR count). The fraction of sp³-hybridized carbons (Fsp3) is 0.739. The van der Waals surface area contributed by atoms with Gasteiger partial charge in [-0.25, -0.2) is 0 Å². The Morgan fingerprint density at radius 2 is 1.93 bits per heavy atom. The van der Waals surface area contributed by atoms with Crippen molar-refractivity contribution in [1.29, 1.82) is 0 Å². The van der Waals surface area contributed by atoms with Crippen molar-refractivity contribution in [2.45, 2.75) is 82.8 Å². The molecule has 7 heteroatoms. The van der Waals surface area contributed by atoms with E-state index >= 15 is 0 Å². The average Bonchev–Trinajstić information content (AvgIpc) is 2.62. The Kier molecular flexibility index (Phi) is 8.00. The molecule has 1 unspecified atom stereocenters. The van der Waals surface area contributed by atoms with Gasteiger partial charge in [-0.2, -0.15) is 8.42 Å². The van der Waals surface area contributed by atoms with Crippen molar-refractivity contribution in [3.8, 4) is 5.75 Å². The van der Waals surface area contributed by atoms with Gasteiger partial charge < -0.3 is 15.1 Å². The summed E-state index contributed by atoms with van der Waals surface area (Å²) in [6.45, 7) is 7.68. The van der Waals surface area contributed by atoms with Gasteiger partial charge in [0.2, 0.25) is 0 Å². The van der Waals surface area contributed by atoms with E-state index in [1.807, 2.05) is 19.1 Å². The predicted octanol–water partition coefficient (Wildman–Crippen LogP) is 3.75. The highest BCUT2D eigenvalue weighted by Gasteiger charge is 2.49. The van der Waals surface area contributed by atoms with Crippen LogP contribution in [-0.4, -0.2) is 59.6 Å². The first-order valence-corrected chi connectivity index (χ1v) is 12.8. The van der Waals surface area contributed by atoms with Crippen molar-refractivity contribution in [3.05, 3.63) is 29.3 Å². The molecule has 0 spiro atoms. The molecule has 1 aliphatic carbocycles. The van der Waals surface area contributed by atoms with Gasteiger partial charge in [-0.05, 0) is 87.2 Å². The van der Waals surface area contributed by atoms with Gasteiger partial charge >= 0.3 is 0 Å². The number of phenolic OH excluding ortho intramolecular Hbond substituents is 1. The van der Waals surface area contributed by atoms with Crippen LogP contribution in [0, 0.1) is 5.92 Å². The Hall–Kier alpha value is -1.15. The summed E-state index contributed by atoms with van der Waals surface area (Å²) in [7, 11) is -1.42. The summed E-state index contributed by atoms with van der Waals surface area (Å²) < 4.78 is 25.9. The number of likely N-dealkylation sites (tertiary alicyclic amines) is 1. The summed E-state index contributed by atoms with van der Waals surface area (Å²) in [6, 6.07) is 6.48. The fourth-order valence-electron chi connectivity index (χ4n) is 5.28. The van der Waals surface area contributed by atoms with Crippen LogP contribution in [0.5, 0.6) is 5.75 Å².